The Kier molecular flexibility index (Phi) is 6.19. The summed E-state index contributed by atoms with van der Waals surface area (Å²) in [4.78, 5) is 13.3. The number of hydrogen-bond donors (Lipinski definition) is 0. The predicted molar refractivity (Wildman–Crippen MR) is 80.0 cm³/mol. The van der Waals surface area contributed by atoms with Gasteiger partial charge in [-0.15, -0.1) is 0 Å². The number of halogens is 3. The van der Waals surface area contributed by atoms with Crippen molar-refractivity contribution in [2.45, 2.75) is 12.3 Å². The second-order valence-corrected chi connectivity index (χ2v) is 6.03. The number of carbonyl (C=O) groups excluding carboxylic acids is 1. The van der Waals surface area contributed by atoms with Gasteiger partial charge in [0.05, 0.1) is 0 Å². The van der Waals surface area contributed by atoms with Crippen LogP contribution in [0.25, 0.3) is 0 Å². The zero-order valence-electron chi connectivity index (χ0n) is 10.2. The molecule has 1 rings (SSSR count). The summed E-state index contributed by atoms with van der Waals surface area (Å²) in [6.45, 7) is 0. The molecule has 0 spiro atoms. The van der Waals surface area contributed by atoms with Gasteiger partial charge in [-0.05, 0) is 23.8 Å². The van der Waals surface area contributed by atoms with Crippen LogP contribution < -0.4 is 0 Å². The molecule has 0 aromatic heterocycles. The molecular formula is C13H14BrCl2NO. The first-order valence-electron chi connectivity index (χ1n) is 5.38. The van der Waals surface area contributed by atoms with Gasteiger partial charge in [-0.1, -0.05) is 51.3 Å². The fourth-order valence-corrected chi connectivity index (χ4v) is 2.07. The third kappa shape index (κ3) is 5.01. The van der Waals surface area contributed by atoms with E-state index in [0.717, 1.165) is 10.0 Å². The van der Waals surface area contributed by atoms with E-state index >= 15 is 0 Å². The van der Waals surface area contributed by atoms with Gasteiger partial charge in [-0.2, -0.15) is 0 Å². The monoisotopic (exact) mass is 349 g/mol. The van der Waals surface area contributed by atoms with Crippen LogP contribution in [0, 0.1) is 0 Å². The van der Waals surface area contributed by atoms with Gasteiger partial charge < -0.3 is 4.90 Å². The lowest BCUT2D eigenvalue weighted by atomic mass is 9.95. The maximum atomic E-state index is 11.8. The third-order valence-corrected chi connectivity index (χ3v) is 3.30. The minimum Gasteiger partial charge on any atom is -0.349 e. The van der Waals surface area contributed by atoms with Gasteiger partial charge >= 0.3 is 0 Å². The van der Waals surface area contributed by atoms with Gasteiger partial charge in [0.1, 0.15) is 4.49 Å². The van der Waals surface area contributed by atoms with E-state index in [-0.39, 0.29) is 16.3 Å². The molecule has 1 atom stereocenters. The molecule has 5 heteroatoms. The third-order valence-electron chi connectivity index (χ3n) is 2.52. The highest BCUT2D eigenvalue weighted by Gasteiger charge is 2.15. The number of rotatable bonds is 4. The molecule has 0 saturated heterocycles. The molecule has 0 bridgehead atoms. The van der Waals surface area contributed by atoms with Crippen LogP contribution in [-0.4, -0.2) is 24.9 Å². The van der Waals surface area contributed by atoms with E-state index in [9.17, 15) is 4.79 Å². The van der Waals surface area contributed by atoms with E-state index in [1.54, 1.807) is 25.1 Å². The van der Waals surface area contributed by atoms with Crippen molar-refractivity contribution in [2.75, 3.05) is 14.1 Å². The number of amides is 1. The summed E-state index contributed by atoms with van der Waals surface area (Å²) in [6.07, 6.45) is 2.03. The smallest absolute Gasteiger partial charge is 0.222 e. The highest BCUT2D eigenvalue weighted by molar-refractivity contribution is 9.10. The van der Waals surface area contributed by atoms with Crippen molar-refractivity contribution >= 4 is 45.0 Å². The van der Waals surface area contributed by atoms with Crippen LogP contribution in [0.5, 0.6) is 0 Å². The van der Waals surface area contributed by atoms with Crippen LogP contribution in [-0.2, 0) is 4.79 Å². The largest absolute Gasteiger partial charge is 0.349 e. The Labute approximate surface area is 126 Å². The molecule has 0 fully saturated rings. The Morgan fingerprint density at radius 1 is 1.33 bits per heavy atom. The quantitative estimate of drug-likeness (QED) is 0.791. The summed E-state index contributed by atoms with van der Waals surface area (Å²) in [5.41, 5.74) is 1.01. The molecule has 0 saturated carbocycles. The maximum absolute atomic E-state index is 11.8. The maximum Gasteiger partial charge on any atom is 0.222 e. The Morgan fingerprint density at radius 2 is 1.89 bits per heavy atom. The number of hydrogen-bond acceptors (Lipinski definition) is 1. The molecule has 0 radical (unpaired) electrons. The molecule has 1 aromatic carbocycles. The van der Waals surface area contributed by atoms with Crippen LogP contribution in [0.3, 0.4) is 0 Å². The molecule has 0 N–H and O–H groups in total. The zero-order valence-corrected chi connectivity index (χ0v) is 13.3. The van der Waals surface area contributed by atoms with E-state index in [1.165, 1.54) is 0 Å². The molecule has 2 nitrogen and oxygen atoms in total. The van der Waals surface area contributed by atoms with Gasteiger partial charge in [0.2, 0.25) is 5.91 Å². The van der Waals surface area contributed by atoms with Crippen molar-refractivity contribution < 1.29 is 4.79 Å². The average molecular weight is 351 g/mol. The number of benzene rings is 1. The average Bonchev–Trinajstić information content (AvgIpc) is 2.28. The van der Waals surface area contributed by atoms with Crippen molar-refractivity contribution in [2.24, 2.45) is 0 Å². The Morgan fingerprint density at radius 3 is 2.33 bits per heavy atom. The fraction of sp³-hybridized carbons (Fsp3) is 0.308. The van der Waals surface area contributed by atoms with E-state index in [4.69, 9.17) is 23.2 Å². The number of allylic oxidation sites excluding steroid dienone is 1. The van der Waals surface area contributed by atoms with E-state index in [2.05, 4.69) is 15.9 Å². The van der Waals surface area contributed by atoms with E-state index in [0.29, 0.717) is 6.42 Å². The lowest BCUT2D eigenvalue weighted by Gasteiger charge is -2.16. The molecule has 0 unspecified atom stereocenters. The molecule has 0 aliphatic rings. The summed E-state index contributed by atoms with van der Waals surface area (Å²) in [7, 11) is 3.46. The first kappa shape index (κ1) is 15.5. The van der Waals surface area contributed by atoms with Crippen LogP contribution in [0.2, 0.25) is 0 Å². The van der Waals surface area contributed by atoms with Gasteiger partial charge in [-0.25, -0.2) is 0 Å². The van der Waals surface area contributed by atoms with Crippen LogP contribution >= 0.6 is 39.1 Å². The minimum absolute atomic E-state index is 0.0359. The summed E-state index contributed by atoms with van der Waals surface area (Å²) in [6, 6.07) is 7.76. The van der Waals surface area contributed by atoms with Gasteiger partial charge in [0.25, 0.3) is 0 Å². The normalized spacial score (nSPS) is 11.8. The molecule has 98 valence electrons. The lowest BCUT2D eigenvalue weighted by Crippen LogP contribution is -2.23. The van der Waals surface area contributed by atoms with Crippen LogP contribution in [0.1, 0.15) is 17.9 Å². The molecule has 0 aliphatic heterocycles. The number of nitrogens with zero attached hydrogens (tertiary/aromatic N) is 1. The van der Waals surface area contributed by atoms with E-state index < -0.39 is 0 Å². The van der Waals surface area contributed by atoms with Crippen molar-refractivity contribution in [3.8, 4) is 0 Å². The highest BCUT2D eigenvalue weighted by Crippen LogP contribution is 2.26. The Bertz CT molecular complexity index is 439. The SMILES string of the molecule is CN(C)C(=O)C[C@H](C=C(Cl)Cl)c1ccc(Br)cc1. The summed E-state index contributed by atoms with van der Waals surface area (Å²) >= 11 is 14.8. The predicted octanol–water partition coefficient (Wildman–Crippen LogP) is 4.33. The Hall–Kier alpha value is -0.510. The van der Waals surface area contributed by atoms with Crippen LogP contribution in [0.4, 0.5) is 0 Å². The number of carbonyl (C=O) groups is 1. The molecular weight excluding hydrogens is 337 g/mol. The zero-order chi connectivity index (χ0) is 13.7. The van der Waals surface area contributed by atoms with Gasteiger partial charge in [0, 0.05) is 30.9 Å². The molecule has 0 aliphatic carbocycles. The first-order valence-corrected chi connectivity index (χ1v) is 6.93. The van der Waals surface area contributed by atoms with Gasteiger partial charge in [-0.3, -0.25) is 4.79 Å². The molecule has 1 amide bonds. The molecule has 1 aromatic rings. The summed E-state index contributed by atoms with van der Waals surface area (Å²) in [5.74, 6) is -0.0771. The minimum atomic E-state index is -0.113. The second-order valence-electron chi connectivity index (χ2n) is 4.11. The Balaban J connectivity index is 2.95. The van der Waals surface area contributed by atoms with Crippen LogP contribution in [0.15, 0.2) is 39.3 Å². The van der Waals surface area contributed by atoms with Crippen molar-refractivity contribution in [1.82, 2.24) is 4.90 Å². The molecule has 0 heterocycles. The van der Waals surface area contributed by atoms with Gasteiger partial charge in [0.15, 0.2) is 0 Å². The summed E-state index contributed by atoms with van der Waals surface area (Å²) < 4.78 is 1.17. The first-order chi connectivity index (χ1) is 8.40. The fourth-order valence-electron chi connectivity index (χ4n) is 1.51. The van der Waals surface area contributed by atoms with E-state index in [1.807, 2.05) is 24.3 Å². The summed E-state index contributed by atoms with van der Waals surface area (Å²) in [5, 5.41) is 0. The lowest BCUT2D eigenvalue weighted by molar-refractivity contribution is -0.128. The molecule has 18 heavy (non-hydrogen) atoms. The standard InChI is InChI=1S/C13H14BrCl2NO/c1-17(2)13(18)8-10(7-12(15)16)9-3-5-11(14)6-4-9/h3-7,10H,8H2,1-2H3/t10-/m0/s1. The van der Waals surface area contributed by atoms with Crippen molar-refractivity contribution in [3.63, 3.8) is 0 Å². The van der Waals surface area contributed by atoms with Crippen molar-refractivity contribution in [3.05, 3.63) is 44.9 Å². The second kappa shape index (κ2) is 7.17. The highest BCUT2D eigenvalue weighted by atomic mass is 79.9. The van der Waals surface area contributed by atoms with Crippen molar-refractivity contribution in [1.29, 1.82) is 0 Å². The topological polar surface area (TPSA) is 20.3 Å².